The van der Waals surface area contributed by atoms with Gasteiger partial charge in [0.2, 0.25) is 5.95 Å². The van der Waals surface area contributed by atoms with Crippen LogP contribution in [-0.2, 0) is 4.79 Å². The van der Waals surface area contributed by atoms with Crippen LogP contribution in [-0.4, -0.2) is 21.0 Å². The van der Waals surface area contributed by atoms with Crippen molar-refractivity contribution in [2.75, 3.05) is 5.32 Å². The molecule has 3 N–H and O–H groups in total. The van der Waals surface area contributed by atoms with Crippen LogP contribution in [0.15, 0.2) is 18.0 Å². The molecule has 0 unspecified atom stereocenters. The van der Waals surface area contributed by atoms with E-state index in [2.05, 4.69) is 25.9 Å². The number of carbonyl (C=O) groups excluding carboxylic acids is 1. The van der Waals surface area contributed by atoms with Gasteiger partial charge in [-0.05, 0) is 32.1 Å². The zero-order valence-electron chi connectivity index (χ0n) is 9.37. The van der Waals surface area contributed by atoms with E-state index in [-0.39, 0.29) is 5.91 Å². The lowest BCUT2D eigenvalue weighted by Crippen LogP contribution is -2.21. The van der Waals surface area contributed by atoms with Crippen LogP contribution < -0.4 is 16.0 Å². The van der Waals surface area contributed by atoms with Crippen molar-refractivity contribution in [1.82, 2.24) is 20.6 Å². The predicted octanol–water partition coefficient (Wildman–Crippen LogP) is 0.351. The van der Waals surface area contributed by atoms with Crippen LogP contribution in [0.25, 0.3) is 0 Å². The quantitative estimate of drug-likeness (QED) is 0.518. The summed E-state index contributed by atoms with van der Waals surface area (Å²) in [4.78, 5) is 19.7. The lowest BCUT2D eigenvalue weighted by molar-refractivity contribution is -0.115. The summed E-state index contributed by atoms with van der Waals surface area (Å²) in [6, 6.07) is 1.87. The fourth-order valence-electron chi connectivity index (χ4n) is 1.41. The van der Waals surface area contributed by atoms with E-state index in [0.717, 1.165) is 11.4 Å². The third-order valence-corrected chi connectivity index (χ3v) is 2.25. The molecule has 1 aromatic heterocycles. The number of aromatic nitrogens is 2. The Hall–Kier alpha value is -2.02. The summed E-state index contributed by atoms with van der Waals surface area (Å²) in [7, 11) is 0. The number of aryl methyl sites for hydroxylation is 2. The first kappa shape index (κ1) is 11.5. The second-order valence-electron chi connectivity index (χ2n) is 3.58. The highest BCUT2D eigenvalue weighted by molar-refractivity contribution is 7.80. The first-order valence-corrected chi connectivity index (χ1v) is 5.37. The molecule has 2 rings (SSSR count). The van der Waals surface area contributed by atoms with Gasteiger partial charge >= 0.3 is 0 Å². The van der Waals surface area contributed by atoms with E-state index >= 15 is 0 Å². The van der Waals surface area contributed by atoms with Gasteiger partial charge in [-0.3, -0.25) is 10.1 Å². The van der Waals surface area contributed by atoms with Crippen molar-refractivity contribution in [3.05, 3.63) is 29.4 Å². The summed E-state index contributed by atoms with van der Waals surface area (Å²) in [5.41, 5.74) is 2.06. The Balaban J connectivity index is 2.14. The molecule has 1 aliphatic rings. The maximum Gasteiger partial charge on any atom is 0.275 e. The maximum atomic E-state index is 11.3. The van der Waals surface area contributed by atoms with Gasteiger partial charge in [0.15, 0.2) is 5.11 Å². The summed E-state index contributed by atoms with van der Waals surface area (Å²) in [5.74, 6) is 0.175. The van der Waals surface area contributed by atoms with Gasteiger partial charge in [0.1, 0.15) is 5.70 Å². The molecular weight excluding hydrogens is 238 g/mol. The van der Waals surface area contributed by atoms with E-state index in [1.165, 1.54) is 6.20 Å². The molecule has 0 saturated carbocycles. The van der Waals surface area contributed by atoms with Crippen LogP contribution in [0.3, 0.4) is 0 Å². The molecule has 88 valence electrons. The van der Waals surface area contributed by atoms with Crippen molar-refractivity contribution in [3.63, 3.8) is 0 Å². The Morgan fingerprint density at radius 1 is 1.29 bits per heavy atom. The molecule has 0 aliphatic carbocycles. The van der Waals surface area contributed by atoms with Crippen molar-refractivity contribution < 1.29 is 4.79 Å². The van der Waals surface area contributed by atoms with E-state index < -0.39 is 0 Å². The van der Waals surface area contributed by atoms with Gasteiger partial charge in [0.05, 0.1) is 0 Å². The second-order valence-corrected chi connectivity index (χ2v) is 3.99. The van der Waals surface area contributed by atoms with E-state index in [1.54, 1.807) is 0 Å². The lowest BCUT2D eigenvalue weighted by atomic mass is 10.4. The number of anilines is 1. The van der Waals surface area contributed by atoms with Gasteiger partial charge < -0.3 is 10.6 Å². The van der Waals surface area contributed by atoms with Crippen molar-refractivity contribution in [2.45, 2.75) is 13.8 Å². The summed E-state index contributed by atoms with van der Waals surface area (Å²) < 4.78 is 0. The number of hydrogen-bond donors (Lipinski definition) is 3. The number of nitrogens with zero attached hydrogens (tertiary/aromatic N) is 2. The van der Waals surface area contributed by atoms with Gasteiger partial charge in [-0.25, -0.2) is 9.97 Å². The third kappa shape index (κ3) is 2.76. The van der Waals surface area contributed by atoms with E-state index in [0.29, 0.717) is 16.8 Å². The molecule has 6 nitrogen and oxygen atoms in total. The normalized spacial score (nSPS) is 16.9. The van der Waals surface area contributed by atoms with Crippen LogP contribution in [0.1, 0.15) is 11.4 Å². The lowest BCUT2D eigenvalue weighted by Gasteiger charge is -2.02. The molecule has 17 heavy (non-hydrogen) atoms. The van der Waals surface area contributed by atoms with Crippen molar-refractivity contribution in [2.24, 2.45) is 0 Å². The largest absolute Gasteiger partial charge is 0.328 e. The fraction of sp³-hybridized carbons (Fsp3) is 0.200. The standard InChI is InChI=1S/C10H11N5OS/c1-5-3-6(2)13-9(12-5)11-4-7-8(16)15-10(17)14-7/h3-4H,1-2H3,(H,11,12,13)(H2,14,15,16,17)/b7-4+. The topological polar surface area (TPSA) is 78.9 Å². The highest BCUT2D eigenvalue weighted by atomic mass is 32.1. The Kier molecular flexibility index (Phi) is 3.01. The van der Waals surface area contributed by atoms with Gasteiger partial charge in [-0.1, -0.05) is 0 Å². The number of nitrogens with one attached hydrogen (secondary N) is 3. The Morgan fingerprint density at radius 2 is 1.94 bits per heavy atom. The van der Waals surface area contributed by atoms with Crippen molar-refractivity contribution in [1.29, 1.82) is 0 Å². The summed E-state index contributed by atoms with van der Waals surface area (Å²) in [6.45, 7) is 3.76. The van der Waals surface area contributed by atoms with Gasteiger partial charge in [0.25, 0.3) is 5.91 Å². The highest BCUT2D eigenvalue weighted by Gasteiger charge is 2.19. The number of rotatable bonds is 2. The first-order valence-electron chi connectivity index (χ1n) is 4.96. The Labute approximate surface area is 104 Å². The maximum absolute atomic E-state index is 11.3. The monoisotopic (exact) mass is 249 g/mol. The molecule has 0 aromatic carbocycles. The molecular formula is C10H11N5OS. The molecule has 0 spiro atoms. The molecule has 0 atom stereocenters. The second kappa shape index (κ2) is 4.46. The molecule has 0 radical (unpaired) electrons. The molecule has 0 bridgehead atoms. The van der Waals surface area contributed by atoms with Gasteiger partial charge in [0, 0.05) is 17.6 Å². The molecule has 1 amide bonds. The molecule has 1 saturated heterocycles. The summed E-state index contributed by atoms with van der Waals surface area (Å²) >= 11 is 4.80. The van der Waals surface area contributed by atoms with Crippen LogP contribution in [0.4, 0.5) is 5.95 Å². The molecule has 1 aromatic rings. The third-order valence-electron chi connectivity index (χ3n) is 2.05. The minimum absolute atomic E-state index is 0.271. The molecule has 7 heteroatoms. The fourth-order valence-corrected chi connectivity index (χ4v) is 1.61. The number of amides is 1. The number of hydrogen-bond acceptors (Lipinski definition) is 5. The Bertz CT molecular complexity index is 505. The van der Waals surface area contributed by atoms with Crippen LogP contribution in [0.2, 0.25) is 0 Å². The zero-order valence-corrected chi connectivity index (χ0v) is 10.2. The predicted molar refractivity (Wildman–Crippen MR) is 67.1 cm³/mol. The average molecular weight is 249 g/mol. The molecule has 2 heterocycles. The SMILES string of the molecule is Cc1cc(C)nc(N/C=C2/NC(=S)NC2=O)n1. The smallest absolute Gasteiger partial charge is 0.275 e. The summed E-state index contributed by atoms with van der Waals surface area (Å²) in [6.07, 6.45) is 1.49. The van der Waals surface area contributed by atoms with Crippen molar-refractivity contribution in [3.8, 4) is 0 Å². The van der Waals surface area contributed by atoms with Crippen molar-refractivity contribution >= 4 is 29.2 Å². The van der Waals surface area contributed by atoms with E-state index in [1.807, 2.05) is 19.9 Å². The minimum Gasteiger partial charge on any atom is -0.328 e. The molecule has 1 fully saturated rings. The van der Waals surface area contributed by atoms with Crippen LogP contribution in [0, 0.1) is 13.8 Å². The zero-order chi connectivity index (χ0) is 12.4. The number of carbonyl (C=O) groups is 1. The Morgan fingerprint density at radius 3 is 2.47 bits per heavy atom. The first-order chi connectivity index (χ1) is 8.04. The van der Waals surface area contributed by atoms with E-state index in [9.17, 15) is 4.79 Å². The van der Waals surface area contributed by atoms with Crippen LogP contribution in [0.5, 0.6) is 0 Å². The number of thiocarbonyl (C=S) groups is 1. The minimum atomic E-state index is -0.271. The van der Waals surface area contributed by atoms with E-state index in [4.69, 9.17) is 12.2 Å². The van der Waals surface area contributed by atoms with Crippen LogP contribution >= 0.6 is 12.2 Å². The molecule has 1 aliphatic heterocycles. The average Bonchev–Trinajstić information content (AvgIpc) is 2.53. The summed E-state index contributed by atoms with van der Waals surface area (Å²) in [5, 5.41) is 8.32. The van der Waals surface area contributed by atoms with Gasteiger partial charge in [-0.2, -0.15) is 0 Å². The van der Waals surface area contributed by atoms with Gasteiger partial charge in [-0.15, -0.1) is 0 Å². The highest BCUT2D eigenvalue weighted by Crippen LogP contribution is 2.05.